The van der Waals surface area contributed by atoms with Gasteiger partial charge in [0, 0.05) is 17.7 Å². The monoisotopic (exact) mass is 420 g/mol. The quantitative estimate of drug-likeness (QED) is 0.485. The molecular formula is C25H24O6. The number of phenols is 3. The van der Waals surface area contributed by atoms with E-state index in [1.54, 1.807) is 12.1 Å². The Morgan fingerprint density at radius 1 is 1.03 bits per heavy atom. The number of fused-ring (bicyclic) bond motifs is 4. The fraction of sp³-hybridized carbons (Fsp3) is 0.240. The second kappa shape index (κ2) is 7.54. The van der Waals surface area contributed by atoms with Gasteiger partial charge in [-0.2, -0.15) is 0 Å². The van der Waals surface area contributed by atoms with Gasteiger partial charge in [0.25, 0.3) is 0 Å². The molecule has 0 fully saturated rings. The minimum atomic E-state index is -0.746. The zero-order valence-electron chi connectivity index (χ0n) is 17.8. The summed E-state index contributed by atoms with van der Waals surface area (Å²) in [5.74, 6) is 0.208. The van der Waals surface area contributed by atoms with Crippen LogP contribution in [0.3, 0.4) is 0 Å². The SMILES string of the molecule is CC(C)=CCc1c(O)cc(O)c2c(=O)c3c(oc12)-c1ccc(O)cc1OC3C=C(C)C. The molecule has 0 spiro atoms. The molecule has 2 heterocycles. The number of aromatic hydroxyl groups is 3. The Kier molecular flexibility index (Phi) is 5.01. The van der Waals surface area contributed by atoms with E-state index < -0.39 is 11.5 Å². The second-order valence-electron chi connectivity index (χ2n) is 8.22. The van der Waals surface area contributed by atoms with Crippen molar-refractivity contribution in [2.45, 2.75) is 40.2 Å². The molecule has 6 heteroatoms. The summed E-state index contributed by atoms with van der Waals surface area (Å²) in [6.07, 6.45) is 3.29. The van der Waals surface area contributed by atoms with Gasteiger partial charge in [-0.3, -0.25) is 4.79 Å². The van der Waals surface area contributed by atoms with Gasteiger partial charge in [-0.25, -0.2) is 0 Å². The molecule has 0 radical (unpaired) electrons. The van der Waals surface area contributed by atoms with E-state index in [0.29, 0.717) is 29.1 Å². The summed E-state index contributed by atoms with van der Waals surface area (Å²) in [4.78, 5) is 13.6. The standard InChI is InChI=1S/C25H24O6/c1-12(2)5-7-15-17(27)11-18(28)21-23(29)22-20(9-13(3)4)30-19-10-14(26)6-8-16(19)25(22)31-24(15)21/h5-6,8-11,20,26-28H,7H2,1-4H3. The number of benzene rings is 2. The molecule has 3 aromatic rings. The molecule has 0 saturated heterocycles. The van der Waals surface area contributed by atoms with Crippen molar-refractivity contribution in [1.82, 2.24) is 0 Å². The van der Waals surface area contributed by atoms with E-state index in [-0.39, 0.29) is 33.8 Å². The van der Waals surface area contributed by atoms with Crippen LogP contribution in [0.4, 0.5) is 0 Å². The van der Waals surface area contributed by atoms with E-state index in [9.17, 15) is 20.1 Å². The number of rotatable bonds is 3. The van der Waals surface area contributed by atoms with Crippen molar-refractivity contribution in [3.05, 3.63) is 68.9 Å². The summed E-state index contributed by atoms with van der Waals surface area (Å²) in [6, 6.07) is 5.75. The minimum Gasteiger partial charge on any atom is -0.508 e. The van der Waals surface area contributed by atoms with E-state index in [0.717, 1.165) is 11.1 Å². The Morgan fingerprint density at radius 2 is 1.77 bits per heavy atom. The normalized spacial score (nSPS) is 14.4. The lowest BCUT2D eigenvalue weighted by Gasteiger charge is -2.26. The largest absolute Gasteiger partial charge is 0.508 e. The van der Waals surface area contributed by atoms with E-state index in [4.69, 9.17) is 9.15 Å². The van der Waals surface area contributed by atoms with Crippen LogP contribution in [0, 0.1) is 0 Å². The van der Waals surface area contributed by atoms with Crippen molar-refractivity contribution in [3.8, 4) is 34.3 Å². The molecule has 0 bridgehead atoms. The molecule has 1 aromatic heterocycles. The van der Waals surface area contributed by atoms with Crippen molar-refractivity contribution in [2.75, 3.05) is 0 Å². The number of phenolic OH excluding ortho intramolecular Hbond substituents is 3. The fourth-order valence-electron chi connectivity index (χ4n) is 3.77. The fourth-order valence-corrected chi connectivity index (χ4v) is 3.77. The van der Waals surface area contributed by atoms with Crippen molar-refractivity contribution in [1.29, 1.82) is 0 Å². The molecule has 1 atom stereocenters. The average Bonchev–Trinajstić information content (AvgIpc) is 2.66. The first-order valence-electron chi connectivity index (χ1n) is 10.00. The number of hydrogen-bond donors (Lipinski definition) is 3. The first kappa shape index (κ1) is 20.6. The van der Waals surface area contributed by atoms with Crippen molar-refractivity contribution < 1.29 is 24.5 Å². The van der Waals surface area contributed by atoms with Crippen LogP contribution in [-0.4, -0.2) is 15.3 Å². The van der Waals surface area contributed by atoms with Crippen LogP contribution in [0.15, 0.2) is 56.8 Å². The van der Waals surface area contributed by atoms with Gasteiger partial charge in [0.1, 0.15) is 45.8 Å². The molecule has 1 aliphatic heterocycles. The lowest BCUT2D eigenvalue weighted by Crippen LogP contribution is -2.22. The summed E-state index contributed by atoms with van der Waals surface area (Å²) < 4.78 is 12.2. The van der Waals surface area contributed by atoms with E-state index >= 15 is 0 Å². The molecule has 0 aliphatic carbocycles. The highest BCUT2D eigenvalue weighted by atomic mass is 16.5. The van der Waals surface area contributed by atoms with Gasteiger partial charge in [0.15, 0.2) is 0 Å². The molecule has 1 unspecified atom stereocenters. The van der Waals surface area contributed by atoms with Gasteiger partial charge in [-0.1, -0.05) is 17.2 Å². The highest BCUT2D eigenvalue weighted by molar-refractivity contribution is 5.91. The summed E-state index contributed by atoms with van der Waals surface area (Å²) in [7, 11) is 0. The van der Waals surface area contributed by atoms with E-state index in [1.165, 1.54) is 18.2 Å². The Balaban J connectivity index is 2.13. The molecule has 3 N–H and O–H groups in total. The van der Waals surface area contributed by atoms with Gasteiger partial charge in [0.2, 0.25) is 5.43 Å². The van der Waals surface area contributed by atoms with Gasteiger partial charge < -0.3 is 24.5 Å². The van der Waals surface area contributed by atoms with Crippen LogP contribution >= 0.6 is 0 Å². The zero-order valence-corrected chi connectivity index (χ0v) is 17.8. The average molecular weight is 420 g/mol. The van der Waals surface area contributed by atoms with Crippen molar-refractivity contribution in [3.63, 3.8) is 0 Å². The summed E-state index contributed by atoms with van der Waals surface area (Å²) >= 11 is 0. The van der Waals surface area contributed by atoms with Crippen LogP contribution in [0.25, 0.3) is 22.3 Å². The lowest BCUT2D eigenvalue weighted by molar-refractivity contribution is 0.243. The zero-order chi connectivity index (χ0) is 22.4. The van der Waals surface area contributed by atoms with Gasteiger partial charge in [-0.05, 0) is 52.3 Å². The van der Waals surface area contributed by atoms with E-state index in [2.05, 4.69) is 0 Å². The molecule has 0 amide bonds. The smallest absolute Gasteiger partial charge is 0.204 e. The lowest BCUT2D eigenvalue weighted by atomic mass is 9.94. The van der Waals surface area contributed by atoms with Gasteiger partial charge in [-0.15, -0.1) is 0 Å². The Morgan fingerprint density at radius 3 is 2.45 bits per heavy atom. The highest BCUT2D eigenvalue weighted by Crippen LogP contribution is 2.46. The molecule has 6 nitrogen and oxygen atoms in total. The predicted octanol–water partition coefficient (Wildman–Crippen LogP) is 5.49. The predicted molar refractivity (Wildman–Crippen MR) is 119 cm³/mol. The Bertz CT molecular complexity index is 1320. The van der Waals surface area contributed by atoms with E-state index in [1.807, 2.05) is 33.8 Å². The Hall–Kier alpha value is -3.67. The number of hydrogen-bond acceptors (Lipinski definition) is 6. The maximum absolute atomic E-state index is 13.6. The topological polar surface area (TPSA) is 100 Å². The third kappa shape index (κ3) is 3.54. The minimum absolute atomic E-state index is 0.00619. The van der Waals surface area contributed by atoms with Crippen LogP contribution in [0.1, 0.15) is 44.9 Å². The maximum Gasteiger partial charge on any atom is 0.204 e. The molecule has 2 aromatic carbocycles. The van der Waals surface area contributed by atoms with Crippen molar-refractivity contribution >= 4 is 11.0 Å². The maximum atomic E-state index is 13.6. The molecule has 0 saturated carbocycles. The molecule has 160 valence electrons. The van der Waals surface area contributed by atoms with Crippen LogP contribution in [0.2, 0.25) is 0 Å². The van der Waals surface area contributed by atoms with Crippen LogP contribution < -0.4 is 10.2 Å². The molecule has 1 aliphatic rings. The summed E-state index contributed by atoms with van der Waals surface area (Å²) in [5.41, 5.74) is 2.88. The molecule has 31 heavy (non-hydrogen) atoms. The van der Waals surface area contributed by atoms with Crippen LogP contribution in [0.5, 0.6) is 23.0 Å². The summed E-state index contributed by atoms with van der Waals surface area (Å²) in [5, 5.41) is 30.9. The summed E-state index contributed by atoms with van der Waals surface area (Å²) in [6.45, 7) is 7.64. The Labute approximate surface area is 179 Å². The number of allylic oxidation sites excluding steroid dienone is 3. The first-order valence-corrected chi connectivity index (χ1v) is 10.00. The molecular weight excluding hydrogens is 396 g/mol. The third-order valence-electron chi connectivity index (χ3n) is 5.21. The third-order valence-corrected chi connectivity index (χ3v) is 5.21. The molecule has 4 rings (SSSR count). The number of ether oxygens (including phenoxy) is 1. The highest BCUT2D eigenvalue weighted by Gasteiger charge is 2.32. The van der Waals surface area contributed by atoms with Crippen molar-refractivity contribution in [2.24, 2.45) is 0 Å². The first-order chi connectivity index (χ1) is 14.7. The second-order valence-corrected chi connectivity index (χ2v) is 8.22. The van der Waals surface area contributed by atoms with Gasteiger partial charge in [0.05, 0.1) is 11.1 Å². The van der Waals surface area contributed by atoms with Crippen LogP contribution in [-0.2, 0) is 6.42 Å². The van der Waals surface area contributed by atoms with Gasteiger partial charge >= 0.3 is 0 Å².